The number of anilines is 2. The Morgan fingerprint density at radius 3 is 2.23 bits per heavy atom. The fourth-order valence-electron chi connectivity index (χ4n) is 5.93. The number of hydrogen-bond donors (Lipinski definition) is 3. The van der Waals surface area contributed by atoms with Crippen molar-refractivity contribution in [2.75, 3.05) is 22.4 Å². The van der Waals surface area contributed by atoms with Crippen molar-refractivity contribution in [2.24, 2.45) is 5.41 Å². The minimum atomic E-state index is -4.00. The van der Waals surface area contributed by atoms with E-state index in [2.05, 4.69) is 9.44 Å². The van der Waals surface area contributed by atoms with Gasteiger partial charge in [-0.15, -0.1) is 0 Å². The molecule has 0 aromatic heterocycles. The van der Waals surface area contributed by atoms with Crippen LogP contribution in [0.25, 0.3) is 0 Å². The van der Waals surface area contributed by atoms with E-state index in [9.17, 15) is 26.7 Å². The van der Waals surface area contributed by atoms with Gasteiger partial charge in [-0.05, 0) is 107 Å². The summed E-state index contributed by atoms with van der Waals surface area (Å²) in [4.78, 5) is 15.6. The highest BCUT2D eigenvalue weighted by atomic mass is 32.2. The number of aliphatic hydroxyl groups is 1. The predicted octanol–water partition coefficient (Wildman–Crippen LogP) is 3.75. The van der Waals surface area contributed by atoms with Gasteiger partial charge in [0.25, 0.3) is 5.91 Å². The van der Waals surface area contributed by atoms with Gasteiger partial charge in [0.1, 0.15) is 0 Å². The van der Waals surface area contributed by atoms with E-state index in [1.165, 1.54) is 31.9 Å². The molecule has 2 saturated carbocycles. The zero-order valence-electron chi connectivity index (χ0n) is 22.8. The number of nitrogens with one attached hydrogen (secondary N) is 2. The van der Waals surface area contributed by atoms with Crippen LogP contribution in [0, 0.1) is 5.41 Å². The predicted molar refractivity (Wildman–Crippen MR) is 151 cm³/mol. The van der Waals surface area contributed by atoms with E-state index in [-0.39, 0.29) is 21.8 Å². The van der Waals surface area contributed by atoms with Crippen molar-refractivity contribution in [2.45, 2.75) is 81.2 Å². The standard InChI is InChI=1S/C28H37N3O6S2/c1-19(32)26(2,3)30-39(36,37)22-7-5-6-20(16-22)25(33)31-18-28(14-12-27(10-11-27)13-15-28)23-17-21(8-9-24(23)31)29-38(4,34)35/h5-9,16-17,19,29-30,32H,10-15,18H2,1-4H3. The zero-order valence-corrected chi connectivity index (χ0v) is 24.5. The first-order chi connectivity index (χ1) is 18.0. The first-order valence-corrected chi connectivity index (χ1v) is 16.7. The molecule has 1 amide bonds. The summed E-state index contributed by atoms with van der Waals surface area (Å²) in [6.45, 7) is 5.15. The second kappa shape index (κ2) is 9.29. The first kappa shape index (κ1) is 28.1. The second-order valence-corrected chi connectivity index (χ2v) is 15.7. The fraction of sp³-hybridized carbons (Fsp3) is 0.536. The number of sulfonamides is 2. The molecule has 3 aliphatic rings. The Kier molecular flexibility index (Phi) is 6.69. The van der Waals surface area contributed by atoms with Crippen molar-refractivity contribution in [1.82, 2.24) is 4.72 Å². The largest absolute Gasteiger partial charge is 0.391 e. The molecule has 212 valence electrons. The summed E-state index contributed by atoms with van der Waals surface area (Å²) in [5.74, 6) is -0.310. The van der Waals surface area contributed by atoms with Crippen molar-refractivity contribution >= 4 is 37.3 Å². The lowest BCUT2D eigenvalue weighted by Crippen LogP contribution is -2.50. The van der Waals surface area contributed by atoms with Crippen LogP contribution in [0.4, 0.5) is 11.4 Å². The average molecular weight is 576 g/mol. The summed E-state index contributed by atoms with van der Waals surface area (Å²) in [5.41, 5.74) is 1.45. The summed E-state index contributed by atoms with van der Waals surface area (Å²) in [7, 11) is -7.47. The molecule has 1 heterocycles. The van der Waals surface area contributed by atoms with Crippen LogP contribution in [0.15, 0.2) is 47.4 Å². The van der Waals surface area contributed by atoms with Crippen molar-refractivity contribution in [3.05, 3.63) is 53.6 Å². The van der Waals surface area contributed by atoms with Gasteiger partial charge in [-0.25, -0.2) is 21.6 Å². The SMILES string of the molecule is CC(O)C(C)(C)NS(=O)(=O)c1cccc(C(=O)N2CC3(CCC4(CC4)CC3)c3cc(NS(C)(=O)=O)ccc32)c1. The molecule has 2 aliphatic carbocycles. The maximum Gasteiger partial charge on any atom is 0.258 e. The number of aliphatic hydroxyl groups excluding tert-OH is 1. The van der Waals surface area contributed by atoms with Crippen LogP contribution in [0.2, 0.25) is 0 Å². The molecule has 5 rings (SSSR count). The van der Waals surface area contributed by atoms with E-state index >= 15 is 0 Å². The molecule has 39 heavy (non-hydrogen) atoms. The Hall–Kier alpha value is -2.47. The summed E-state index contributed by atoms with van der Waals surface area (Å²) >= 11 is 0. The van der Waals surface area contributed by atoms with E-state index in [4.69, 9.17) is 0 Å². The minimum absolute atomic E-state index is 0.0581. The molecule has 1 unspecified atom stereocenters. The Bertz CT molecular complexity index is 1520. The van der Waals surface area contributed by atoms with Gasteiger partial charge in [-0.3, -0.25) is 9.52 Å². The molecular formula is C28H37N3O6S2. The Labute approximate surface area is 231 Å². The number of carbonyl (C=O) groups excluding carboxylic acids is 1. The normalized spacial score (nSPS) is 20.6. The molecule has 1 aliphatic heterocycles. The second-order valence-electron chi connectivity index (χ2n) is 12.3. The van der Waals surface area contributed by atoms with E-state index in [1.54, 1.807) is 43.0 Å². The molecule has 2 fully saturated rings. The summed E-state index contributed by atoms with van der Waals surface area (Å²) in [6, 6.07) is 11.2. The smallest absolute Gasteiger partial charge is 0.258 e. The summed E-state index contributed by atoms with van der Waals surface area (Å²) in [6.07, 6.45) is 6.67. The molecule has 0 bridgehead atoms. The maximum absolute atomic E-state index is 13.9. The number of amides is 1. The van der Waals surface area contributed by atoms with E-state index < -0.39 is 31.7 Å². The molecule has 2 aromatic carbocycles. The third-order valence-corrected chi connectivity index (χ3v) is 11.2. The number of hydrogen-bond acceptors (Lipinski definition) is 6. The molecule has 1 atom stereocenters. The maximum atomic E-state index is 13.9. The highest BCUT2D eigenvalue weighted by Crippen LogP contribution is 2.62. The van der Waals surface area contributed by atoms with Gasteiger partial charge in [0, 0.05) is 28.9 Å². The lowest BCUT2D eigenvalue weighted by molar-refractivity contribution is 0.0980. The number of carbonyl (C=O) groups is 1. The highest BCUT2D eigenvalue weighted by Gasteiger charge is 2.53. The van der Waals surface area contributed by atoms with E-state index in [0.29, 0.717) is 17.6 Å². The first-order valence-electron chi connectivity index (χ1n) is 13.3. The van der Waals surface area contributed by atoms with Crippen molar-refractivity contribution in [1.29, 1.82) is 0 Å². The van der Waals surface area contributed by atoms with Crippen LogP contribution >= 0.6 is 0 Å². The van der Waals surface area contributed by atoms with Gasteiger partial charge in [0.05, 0.1) is 22.8 Å². The van der Waals surface area contributed by atoms with Crippen LogP contribution < -0.4 is 14.3 Å². The Morgan fingerprint density at radius 1 is 1.00 bits per heavy atom. The van der Waals surface area contributed by atoms with Crippen molar-refractivity contribution < 1.29 is 26.7 Å². The van der Waals surface area contributed by atoms with Gasteiger partial charge in [0.15, 0.2) is 0 Å². The molecule has 11 heteroatoms. The summed E-state index contributed by atoms with van der Waals surface area (Å²) < 4.78 is 55.1. The monoisotopic (exact) mass is 575 g/mol. The van der Waals surface area contributed by atoms with Crippen LogP contribution in [0.3, 0.4) is 0 Å². The van der Waals surface area contributed by atoms with Crippen LogP contribution in [0.1, 0.15) is 75.2 Å². The molecule has 3 N–H and O–H groups in total. The number of benzene rings is 2. The van der Waals surface area contributed by atoms with E-state index in [1.807, 2.05) is 6.07 Å². The van der Waals surface area contributed by atoms with Gasteiger partial charge >= 0.3 is 0 Å². The fourth-order valence-corrected chi connectivity index (χ4v) is 8.01. The third-order valence-electron chi connectivity index (χ3n) is 8.93. The average Bonchev–Trinajstić information content (AvgIpc) is 3.54. The van der Waals surface area contributed by atoms with Crippen LogP contribution in [-0.4, -0.2) is 52.3 Å². The number of nitrogens with zero attached hydrogens (tertiary/aromatic N) is 1. The molecule has 2 aromatic rings. The van der Waals surface area contributed by atoms with Gasteiger partial charge in [-0.2, -0.15) is 0 Å². The van der Waals surface area contributed by atoms with E-state index in [0.717, 1.165) is 43.2 Å². The van der Waals surface area contributed by atoms with Crippen molar-refractivity contribution in [3.63, 3.8) is 0 Å². The lowest BCUT2D eigenvalue weighted by atomic mass is 9.66. The molecule has 9 nitrogen and oxygen atoms in total. The molecule has 0 radical (unpaired) electrons. The summed E-state index contributed by atoms with van der Waals surface area (Å²) in [5, 5.41) is 9.98. The van der Waals surface area contributed by atoms with Crippen LogP contribution in [0.5, 0.6) is 0 Å². The zero-order chi connectivity index (χ0) is 28.4. The minimum Gasteiger partial charge on any atom is -0.391 e. The lowest BCUT2D eigenvalue weighted by Gasteiger charge is -2.38. The van der Waals surface area contributed by atoms with Gasteiger partial charge < -0.3 is 10.0 Å². The quantitative estimate of drug-likeness (QED) is 0.461. The molecule has 2 spiro atoms. The Balaban J connectivity index is 1.48. The van der Waals surface area contributed by atoms with Crippen LogP contribution in [-0.2, 0) is 25.5 Å². The highest BCUT2D eigenvalue weighted by molar-refractivity contribution is 7.92. The number of rotatable bonds is 7. The van der Waals surface area contributed by atoms with Gasteiger partial charge in [0.2, 0.25) is 20.0 Å². The van der Waals surface area contributed by atoms with Gasteiger partial charge in [-0.1, -0.05) is 6.07 Å². The van der Waals surface area contributed by atoms with Crippen molar-refractivity contribution in [3.8, 4) is 0 Å². The molecular weight excluding hydrogens is 538 g/mol. The third kappa shape index (κ3) is 5.46. The molecule has 0 saturated heterocycles. The number of fused-ring (bicyclic) bond motifs is 2. The Morgan fingerprint density at radius 2 is 1.64 bits per heavy atom. The topological polar surface area (TPSA) is 133 Å².